The van der Waals surface area contributed by atoms with E-state index < -0.39 is 11.9 Å². The van der Waals surface area contributed by atoms with E-state index in [4.69, 9.17) is 11.6 Å². The highest BCUT2D eigenvalue weighted by molar-refractivity contribution is 6.31. The summed E-state index contributed by atoms with van der Waals surface area (Å²) in [4.78, 5) is 55.4. The highest BCUT2D eigenvalue weighted by Gasteiger charge is 2.51. The van der Waals surface area contributed by atoms with E-state index in [2.05, 4.69) is 25.6 Å². The Labute approximate surface area is 238 Å². The van der Waals surface area contributed by atoms with Gasteiger partial charge in [0.2, 0.25) is 23.7 Å². The van der Waals surface area contributed by atoms with E-state index in [0.717, 1.165) is 29.8 Å². The molecule has 10 heteroatoms. The van der Waals surface area contributed by atoms with Gasteiger partial charge in [-0.3, -0.25) is 24.6 Å². The molecule has 2 aromatic carbocycles. The summed E-state index contributed by atoms with van der Waals surface area (Å²) in [6.45, 7) is 3.66. The third-order valence-electron chi connectivity index (χ3n) is 7.27. The van der Waals surface area contributed by atoms with Crippen molar-refractivity contribution in [2.45, 2.75) is 52.0 Å². The molecule has 40 heavy (non-hydrogen) atoms. The molecule has 2 N–H and O–H groups in total. The Morgan fingerprint density at radius 2 is 1.62 bits per heavy atom. The van der Waals surface area contributed by atoms with Crippen molar-refractivity contribution in [1.29, 1.82) is 0 Å². The molecule has 2 heterocycles. The average molecular weight is 559 g/mol. The quantitative estimate of drug-likeness (QED) is 0.256. The molecule has 0 radical (unpaired) electrons. The Hall–Kier alpha value is -4.11. The Balaban J connectivity index is 1.49. The van der Waals surface area contributed by atoms with Gasteiger partial charge in [0, 0.05) is 28.5 Å². The van der Waals surface area contributed by atoms with Gasteiger partial charge < -0.3 is 5.32 Å². The lowest BCUT2D eigenvalue weighted by Crippen LogP contribution is -2.53. The van der Waals surface area contributed by atoms with Crippen LogP contribution in [0.1, 0.15) is 42.6 Å². The molecule has 2 fully saturated rings. The number of likely N-dealkylation sites (tertiary alicyclic amines) is 1. The Morgan fingerprint density at radius 1 is 0.975 bits per heavy atom. The summed E-state index contributed by atoms with van der Waals surface area (Å²) in [6.07, 6.45) is 3.31. The molecule has 206 valence electrons. The highest BCUT2D eigenvalue weighted by Crippen LogP contribution is 2.39. The number of amides is 3. The van der Waals surface area contributed by atoms with Crippen LogP contribution in [0, 0.1) is 25.7 Å². The molecule has 1 saturated carbocycles. The normalized spacial score (nSPS) is 19.8. The Bertz CT molecular complexity index is 1420. The second kappa shape index (κ2) is 12.0. The number of aliphatic imine (C=N–C) groups is 1. The number of imide groups is 1. The van der Waals surface area contributed by atoms with Crippen molar-refractivity contribution in [3.05, 3.63) is 82.6 Å². The van der Waals surface area contributed by atoms with Crippen molar-refractivity contribution < 1.29 is 14.4 Å². The van der Waals surface area contributed by atoms with Gasteiger partial charge in [0.1, 0.15) is 6.04 Å². The number of rotatable bonds is 6. The van der Waals surface area contributed by atoms with Crippen molar-refractivity contribution >= 4 is 46.9 Å². The molecular formula is C30H31ClN6O3. The summed E-state index contributed by atoms with van der Waals surface area (Å²) in [5, 5.41) is 6.40. The number of halogens is 1. The van der Waals surface area contributed by atoms with Gasteiger partial charge in [-0.15, -0.1) is 0 Å². The number of benzene rings is 2. The number of aromatic nitrogens is 2. The molecule has 1 saturated heterocycles. The molecule has 1 aliphatic heterocycles. The smallest absolute Gasteiger partial charge is 0.253 e. The number of carbonyl (C=O) groups is 3. The second-order valence-electron chi connectivity index (χ2n) is 10.3. The second-order valence-corrected chi connectivity index (χ2v) is 10.7. The van der Waals surface area contributed by atoms with Crippen LogP contribution in [-0.4, -0.2) is 44.6 Å². The van der Waals surface area contributed by atoms with Crippen LogP contribution in [0.15, 0.2) is 65.7 Å². The largest absolute Gasteiger partial charge is 0.326 e. The first kappa shape index (κ1) is 27.5. The maximum Gasteiger partial charge on any atom is 0.253 e. The lowest BCUT2D eigenvalue weighted by Gasteiger charge is -2.26. The molecule has 1 aromatic heterocycles. The van der Waals surface area contributed by atoms with Gasteiger partial charge in [-0.25, -0.2) is 9.97 Å². The van der Waals surface area contributed by atoms with Crippen molar-refractivity contribution in [3.8, 4) is 0 Å². The molecule has 0 spiro atoms. The zero-order valence-electron chi connectivity index (χ0n) is 22.4. The fourth-order valence-electron chi connectivity index (χ4n) is 5.48. The van der Waals surface area contributed by atoms with Gasteiger partial charge in [0.15, 0.2) is 0 Å². The third-order valence-corrected chi connectivity index (χ3v) is 7.51. The van der Waals surface area contributed by atoms with Crippen molar-refractivity contribution in [2.24, 2.45) is 16.8 Å². The van der Waals surface area contributed by atoms with Crippen LogP contribution >= 0.6 is 11.6 Å². The summed E-state index contributed by atoms with van der Waals surface area (Å²) in [5.74, 6) is -1.62. The Morgan fingerprint density at radius 3 is 2.25 bits per heavy atom. The summed E-state index contributed by atoms with van der Waals surface area (Å²) in [7, 11) is 0. The lowest BCUT2D eigenvalue weighted by molar-refractivity contribution is -0.147. The fourth-order valence-corrected chi connectivity index (χ4v) is 5.67. The van der Waals surface area contributed by atoms with Gasteiger partial charge in [0.25, 0.3) is 5.95 Å². The first-order chi connectivity index (χ1) is 19.3. The zero-order valence-corrected chi connectivity index (χ0v) is 23.2. The minimum Gasteiger partial charge on any atom is -0.326 e. The molecule has 2 aliphatic rings. The summed E-state index contributed by atoms with van der Waals surface area (Å²) in [6, 6.07) is 17.1. The monoisotopic (exact) mass is 558 g/mol. The van der Waals surface area contributed by atoms with Gasteiger partial charge in [-0.2, -0.15) is 4.99 Å². The van der Waals surface area contributed by atoms with E-state index in [-0.39, 0.29) is 42.0 Å². The molecule has 5 rings (SSSR count). The van der Waals surface area contributed by atoms with E-state index in [1.54, 1.807) is 24.3 Å². The molecule has 0 unspecified atom stereocenters. The minimum absolute atomic E-state index is 0.0480. The van der Waals surface area contributed by atoms with Crippen LogP contribution in [-0.2, 0) is 20.8 Å². The summed E-state index contributed by atoms with van der Waals surface area (Å²) >= 11 is 6.18. The number of aryl methyl sites for hydroxylation is 2. The zero-order chi connectivity index (χ0) is 28.2. The minimum atomic E-state index is -1.06. The third kappa shape index (κ3) is 6.20. The number of carbonyl (C=O) groups excluding carboxylic acids is 3. The van der Waals surface area contributed by atoms with E-state index in [1.807, 2.05) is 50.2 Å². The first-order valence-electron chi connectivity index (χ1n) is 13.4. The number of nitrogens with one attached hydrogen (secondary N) is 2. The molecule has 9 nitrogen and oxygen atoms in total. The number of anilines is 1. The van der Waals surface area contributed by atoms with Crippen molar-refractivity contribution in [3.63, 3.8) is 0 Å². The Kier molecular flexibility index (Phi) is 8.21. The number of nitrogens with zero attached hydrogens (tertiary/aromatic N) is 4. The fraction of sp³-hybridized carbons (Fsp3) is 0.333. The molecule has 3 aromatic rings. The maximum atomic E-state index is 14.0. The van der Waals surface area contributed by atoms with Crippen LogP contribution in [0.25, 0.3) is 0 Å². The van der Waals surface area contributed by atoms with E-state index in [1.165, 1.54) is 4.90 Å². The number of guanidine groups is 1. The predicted molar refractivity (Wildman–Crippen MR) is 153 cm³/mol. The molecule has 3 amide bonds. The maximum absolute atomic E-state index is 14.0. The van der Waals surface area contributed by atoms with Crippen LogP contribution in [0.4, 0.5) is 11.6 Å². The van der Waals surface area contributed by atoms with Crippen molar-refractivity contribution in [2.75, 3.05) is 5.32 Å². The SMILES string of the molecule is Cc1cc(C)nc(N=C(NC(=O)[C@H](Cc2ccccc2)N2C(=O)[C@H]3CCCC[C@H]3C2=O)Nc2cccc(Cl)c2)n1. The van der Waals surface area contributed by atoms with Gasteiger partial charge in [-0.1, -0.05) is 60.8 Å². The standard InChI is InChI=1S/C30H31ClN6O3/c1-18-15-19(2)33-29(32-18)36-30(34-22-12-8-11-21(31)17-22)35-26(38)25(16-20-9-4-3-5-10-20)37-27(39)23-13-6-7-14-24(23)28(37)40/h3-5,8-12,15,17,23-25H,6-7,13-14,16H2,1-2H3,(H2,32,33,34,35,36,38)/t23-,24+,25-/m0/s1. The van der Waals surface area contributed by atoms with Crippen LogP contribution in [0.2, 0.25) is 5.02 Å². The highest BCUT2D eigenvalue weighted by atomic mass is 35.5. The van der Waals surface area contributed by atoms with E-state index >= 15 is 0 Å². The average Bonchev–Trinajstić information content (AvgIpc) is 3.17. The van der Waals surface area contributed by atoms with Gasteiger partial charge in [0.05, 0.1) is 11.8 Å². The van der Waals surface area contributed by atoms with E-state index in [9.17, 15) is 14.4 Å². The van der Waals surface area contributed by atoms with Crippen LogP contribution < -0.4 is 10.6 Å². The molecule has 0 bridgehead atoms. The molecule has 1 aliphatic carbocycles. The number of fused-ring (bicyclic) bond motifs is 1. The topological polar surface area (TPSA) is 117 Å². The predicted octanol–water partition coefficient (Wildman–Crippen LogP) is 4.75. The molecular weight excluding hydrogens is 528 g/mol. The number of hydrogen-bond donors (Lipinski definition) is 2. The van der Waals surface area contributed by atoms with Crippen LogP contribution in [0.3, 0.4) is 0 Å². The molecule has 3 atom stereocenters. The first-order valence-corrected chi connectivity index (χ1v) is 13.8. The van der Waals surface area contributed by atoms with E-state index in [0.29, 0.717) is 23.6 Å². The van der Waals surface area contributed by atoms with Gasteiger partial charge >= 0.3 is 0 Å². The summed E-state index contributed by atoms with van der Waals surface area (Å²) < 4.78 is 0. The van der Waals surface area contributed by atoms with Gasteiger partial charge in [-0.05, 0) is 56.5 Å². The summed E-state index contributed by atoms with van der Waals surface area (Å²) in [5.41, 5.74) is 2.85. The van der Waals surface area contributed by atoms with Crippen molar-refractivity contribution in [1.82, 2.24) is 20.2 Å². The lowest BCUT2D eigenvalue weighted by atomic mass is 9.81. The number of hydrogen-bond acceptors (Lipinski definition) is 6. The van der Waals surface area contributed by atoms with Crippen LogP contribution in [0.5, 0.6) is 0 Å².